The topological polar surface area (TPSA) is 0 Å². The van der Waals surface area contributed by atoms with Crippen LogP contribution >= 0.6 is 0 Å². The van der Waals surface area contributed by atoms with Gasteiger partial charge in [0.25, 0.3) is 0 Å². The predicted octanol–water partition coefficient (Wildman–Crippen LogP) is 6.89. The fraction of sp³-hybridized carbons (Fsp3) is 0.400. The summed E-state index contributed by atoms with van der Waals surface area (Å²) in [5, 5.41) is 0. The van der Waals surface area contributed by atoms with Crippen molar-refractivity contribution < 1.29 is 13.2 Å². The van der Waals surface area contributed by atoms with Gasteiger partial charge in [0.2, 0.25) is 0 Å². The molecule has 0 saturated carbocycles. The van der Waals surface area contributed by atoms with E-state index in [1.165, 1.54) is 49.8 Å². The summed E-state index contributed by atoms with van der Waals surface area (Å²) < 4.78 is 37.7. The minimum Gasteiger partial charge on any atom is -0.166 e. The SMILES string of the molecule is CCCCCCCc1ccc(-c2ccc(C(F)(F)F)cc2)cc1. The molecular formula is C20H23F3. The second kappa shape index (κ2) is 8.19. The van der Waals surface area contributed by atoms with Crippen molar-refractivity contribution in [2.24, 2.45) is 0 Å². The van der Waals surface area contributed by atoms with Gasteiger partial charge in [0.05, 0.1) is 5.56 Å². The summed E-state index contributed by atoms with van der Waals surface area (Å²) in [4.78, 5) is 0. The molecular weight excluding hydrogens is 297 g/mol. The Hall–Kier alpha value is -1.77. The van der Waals surface area contributed by atoms with Crippen LogP contribution in [0.2, 0.25) is 0 Å². The third kappa shape index (κ3) is 5.42. The first kappa shape index (κ1) is 17.6. The van der Waals surface area contributed by atoms with E-state index < -0.39 is 11.7 Å². The Bertz CT molecular complexity index is 580. The maximum Gasteiger partial charge on any atom is 0.416 e. The Balaban J connectivity index is 1.94. The summed E-state index contributed by atoms with van der Waals surface area (Å²) >= 11 is 0. The highest BCUT2D eigenvalue weighted by Crippen LogP contribution is 2.31. The van der Waals surface area contributed by atoms with E-state index in [0.717, 1.165) is 29.7 Å². The lowest BCUT2D eigenvalue weighted by Crippen LogP contribution is -2.03. The van der Waals surface area contributed by atoms with Crippen LogP contribution in [0.1, 0.15) is 50.2 Å². The molecule has 2 aromatic carbocycles. The van der Waals surface area contributed by atoms with Gasteiger partial charge >= 0.3 is 6.18 Å². The van der Waals surface area contributed by atoms with Crippen molar-refractivity contribution in [2.45, 2.75) is 51.6 Å². The minimum atomic E-state index is -4.28. The first-order chi connectivity index (χ1) is 11.0. The van der Waals surface area contributed by atoms with Crippen molar-refractivity contribution in [1.82, 2.24) is 0 Å². The molecule has 2 rings (SSSR count). The number of alkyl halides is 3. The van der Waals surface area contributed by atoms with E-state index >= 15 is 0 Å². The van der Waals surface area contributed by atoms with Crippen molar-refractivity contribution in [2.75, 3.05) is 0 Å². The summed E-state index contributed by atoms with van der Waals surface area (Å²) in [6, 6.07) is 13.5. The van der Waals surface area contributed by atoms with Gasteiger partial charge in [-0.3, -0.25) is 0 Å². The van der Waals surface area contributed by atoms with Crippen LogP contribution < -0.4 is 0 Å². The summed E-state index contributed by atoms with van der Waals surface area (Å²) in [5.41, 5.74) is 2.45. The quantitative estimate of drug-likeness (QED) is 0.487. The number of rotatable bonds is 7. The maximum absolute atomic E-state index is 12.6. The van der Waals surface area contributed by atoms with E-state index in [2.05, 4.69) is 19.1 Å². The number of hydrogen-bond acceptors (Lipinski definition) is 0. The number of hydrogen-bond donors (Lipinski definition) is 0. The van der Waals surface area contributed by atoms with Gasteiger partial charge in [-0.25, -0.2) is 0 Å². The zero-order valence-corrected chi connectivity index (χ0v) is 13.5. The van der Waals surface area contributed by atoms with E-state index in [1.54, 1.807) is 0 Å². The highest BCUT2D eigenvalue weighted by molar-refractivity contribution is 5.64. The normalized spacial score (nSPS) is 11.7. The Labute approximate surface area is 136 Å². The number of benzene rings is 2. The first-order valence-corrected chi connectivity index (χ1v) is 8.27. The zero-order chi connectivity index (χ0) is 16.7. The first-order valence-electron chi connectivity index (χ1n) is 8.27. The molecule has 0 radical (unpaired) electrons. The van der Waals surface area contributed by atoms with Crippen LogP contribution in [0.15, 0.2) is 48.5 Å². The second-order valence-corrected chi connectivity index (χ2v) is 5.94. The molecule has 0 nitrogen and oxygen atoms in total. The van der Waals surface area contributed by atoms with Crippen LogP contribution in [0.4, 0.5) is 13.2 Å². The molecule has 0 aliphatic carbocycles. The van der Waals surface area contributed by atoms with Gasteiger partial charge in [-0.05, 0) is 41.7 Å². The molecule has 0 amide bonds. The molecule has 2 aromatic rings. The zero-order valence-electron chi connectivity index (χ0n) is 13.5. The fourth-order valence-corrected chi connectivity index (χ4v) is 2.65. The molecule has 0 unspecified atom stereocenters. The van der Waals surface area contributed by atoms with E-state index in [4.69, 9.17) is 0 Å². The van der Waals surface area contributed by atoms with E-state index in [9.17, 15) is 13.2 Å². The molecule has 124 valence electrons. The third-order valence-corrected chi connectivity index (χ3v) is 4.07. The molecule has 0 spiro atoms. The lowest BCUT2D eigenvalue weighted by atomic mass is 10.00. The number of unbranched alkanes of at least 4 members (excludes halogenated alkanes) is 4. The van der Waals surface area contributed by atoms with Gasteiger partial charge in [-0.2, -0.15) is 13.2 Å². The second-order valence-electron chi connectivity index (χ2n) is 5.94. The predicted molar refractivity (Wildman–Crippen MR) is 89.3 cm³/mol. The lowest BCUT2D eigenvalue weighted by molar-refractivity contribution is -0.137. The van der Waals surface area contributed by atoms with Gasteiger partial charge in [0.1, 0.15) is 0 Å². The summed E-state index contributed by atoms with van der Waals surface area (Å²) in [5.74, 6) is 0. The van der Waals surface area contributed by atoms with Gasteiger partial charge in [0, 0.05) is 0 Å². The Morgan fingerprint density at radius 3 is 1.74 bits per heavy atom. The molecule has 3 heteroatoms. The highest BCUT2D eigenvalue weighted by Gasteiger charge is 2.29. The van der Waals surface area contributed by atoms with Gasteiger partial charge in [-0.1, -0.05) is 69.0 Å². The number of halogens is 3. The van der Waals surface area contributed by atoms with Crippen molar-refractivity contribution in [1.29, 1.82) is 0 Å². The average molecular weight is 320 g/mol. The molecule has 23 heavy (non-hydrogen) atoms. The fourth-order valence-electron chi connectivity index (χ4n) is 2.65. The van der Waals surface area contributed by atoms with Crippen LogP contribution in [-0.2, 0) is 12.6 Å². The van der Waals surface area contributed by atoms with Crippen LogP contribution in [0, 0.1) is 0 Å². The average Bonchev–Trinajstić information content (AvgIpc) is 2.55. The number of aryl methyl sites for hydroxylation is 1. The summed E-state index contributed by atoms with van der Waals surface area (Å²) in [6.07, 6.45) is 3.08. The van der Waals surface area contributed by atoms with Crippen LogP contribution in [0.25, 0.3) is 11.1 Å². The molecule has 0 N–H and O–H groups in total. The van der Waals surface area contributed by atoms with Gasteiger partial charge < -0.3 is 0 Å². The molecule has 0 heterocycles. The highest BCUT2D eigenvalue weighted by atomic mass is 19.4. The van der Waals surface area contributed by atoms with Crippen molar-refractivity contribution in [3.8, 4) is 11.1 Å². The Morgan fingerprint density at radius 2 is 1.22 bits per heavy atom. The van der Waals surface area contributed by atoms with Crippen LogP contribution in [0.3, 0.4) is 0 Å². The standard InChI is InChI=1S/C20H23F3/c1-2-3-4-5-6-7-16-8-10-17(11-9-16)18-12-14-19(15-13-18)20(21,22)23/h8-15H,2-7H2,1H3. The monoisotopic (exact) mass is 320 g/mol. The van der Waals surface area contributed by atoms with Crippen molar-refractivity contribution in [3.63, 3.8) is 0 Å². The molecule has 0 bridgehead atoms. The summed E-state index contributed by atoms with van der Waals surface area (Å²) in [7, 11) is 0. The largest absolute Gasteiger partial charge is 0.416 e. The molecule has 0 saturated heterocycles. The maximum atomic E-state index is 12.6. The molecule has 0 fully saturated rings. The van der Waals surface area contributed by atoms with E-state index in [0.29, 0.717) is 0 Å². The Morgan fingerprint density at radius 1 is 0.696 bits per heavy atom. The van der Waals surface area contributed by atoms with E-state index in [-0.39, 0.29) is 0 Å². The Kier molecular flexibility index (Phi) is 6.26. The minimum absolute atomic E-state index is 0.607. The van der Waals surface area contributed by atoms with Gasteiger partial charge in [0.15, 0.2) is 0 Å². The third-order valence-electron chi connectivity index (χ3n) is 4.07. The van der Waals surface area contributed by atoms with Crippen molar-refractivity contribution in [3.05, 3.63) is 59.7 Å². The molecule has 0 aliphatic heterocycles. The smallest absolute Gasteiger partial charge is 0.166 e. The molecule has 0 aliphatic rings. The van der Waals surface area contributed by atoms with Gasteiger partial charge in [-0.15, -0.1) is 0 Å². The molecule has 0 aromatic heterocycles. The molecule has 0 atom stereocenters. The van der Waals surface area contributed by atoms with Crippen LogP contribution in [-0.4, -0.2) is 0 Å². The van der Waals surface area contributed by atoms with Crippen LogP contribution in [0.5, 0.6) is 0 Å². The van der Waals surface area contributed by atoms with Crippen molar-refractivity contribution >= 4 is 0 Å². The van der Waals surface area contributed by atoms with E-state index in [1.807, 2.05) is 12.1 Å². The summed E-state index contributed by atoms with van der Waals surface area (Å²) in [6.45, 7) is 2.21. The lowest BCUT2D eigenvalue weighted by Gasteiger charge is -2.08.